The zero-order valence-corrected chi connectivity index (χ0v) is 32.1. The predicted molar refractivity (Wildman–Crippen MR) is 212 cm³/mol. The van der Waals surface area contributed by atoms with E-state index in [4.69, 9.17) is 37.9 Å². The molecule has 7 rings (SSSR count). The van der Waals surface area contributed by atoms with E-state index < -0.39 is 61.4 Å². The van der Waals surface area contributed by atoms with Crippen LogP contribution in [0.1, 0.15) is 34.7 Å². The number of hydrogen-bond acceptors (Lipinski definition) is 10. The Morgan fingerprint density at radius 1 is 0.404 bits per heavy atom. The first-order valence-corrected chi connectivity index (χ1v) is 19.6. The second-order valence-electron chi connectivity index (χ2n) is 14.4. The van der Waals surface area contributed by atoms with Gasteiger partial charge in [0.25, 0.3) is 0 Å². The largest absolute Gasteiger partial charge is 0.387 e. The van der Waals surface area contributed by atoms with Crippen molar-refractivity contribution in [1.29, 1.82) is 0 Å². The van der Waals surface area contributed by atoms with Gasteiger partial charge in [0.2, 0.25) is 0 Å². The maximum absolute atomic E-state index is 11.8. The van der Waals surface area contributed by atoms with Crippen molar-refractivity contribution in [1.82, 2.24) is 0 Å². The summed E-state index contributed by atoms with van der Waals surface area (Å²) in [6.07, 6.45) is -8.90. The fraction of sp³-hybridized carbons (Fsp3) is 0.362. The smallest absolute Gasteiger partial charge is 0.186 e. The lowest BCUT2D eigenvalue weighted by molar-refractivity contribution is -0.341. The molecule has 0 bridgehead atoms. The molecule has 10 heteroatoms. The molecule has 2 saturated heterocycles. The highest BCUT2D eigenvalue weighted by Crippen LogP contribution is 2.33. The lowest BCUT2D eigenvalue weighted by atomic mass is 9.97. The summed E-state index contributed by atoms with van der Waals surface area (Å²) in [5.41, 5.74) is 4.80. The first-order chi connectivity index (χ1) is 28.0. The molecule has 5 aromatic rings. The maximum atomic E-state index is 11.8. The van der Waals surface area contributed by atoms with Crippen LogP contribution in [-0.4, -0.2) is 78.2 Å². The average Bonchev–Trinajstić information content (AvgIpc) is 3.26. The topological polar surface area (TPSA) is 114 Å². The zero-order valence-electron chi connectivity index (χ0n) is 32.1. The summed E-state index contributed by atoms with van der Waals surface area (Å²) in [7, 11) is 0. The Morgan fingerprint density at radius 2 is 0.754 bits per heavy atom. The molecule has 2 aliphatic rings. The third kappa shape index (κ3) is 11.4. The molecule has 10 nitrogen and oxygen atoms in total. The normalized spacial score (nSPS) is 27.6. The molecule has 10 atom stereocenters. The summed E-state index contributed by atoms with van der Waals surface area (Å²) < 4.78 is 51.5. The minimum absolute atomic E-state index is 0.154. The van der Waals surface area contributed by atoms with Crippen LogP contribution in [0.15, 0.2) is 152 Å². The summed E-state index contributed by atoms with van der Waals surface area (Å²) in [5.74, 6) is 0. The Hall–Kier alpha value is -4.30. The van der Waals surface area contributed by atoms with E-state index in [1.807, 2.05) is 159 Å². The second-order valence-corrected chi connectivity index (χ2v) is 14.4. The van der Waals surface area contributed by atoms with Gasteiger partial charge in [-0.15, -0.1) is 0 Å². The minimum atomic E-state index is -1.42. The molecule has 2 heterocycles. The van der Waals surface area contributed by atoms with Crippen LogP contribution in [0.25, 0.3) is 0 Å². The molecule has 0 amide bonds. The standard InChI is InChI=1S/C47H52O10/c1-33-41(50-27-34-17-7-2-8-18-34)43(52-29-36-21-11-4-12-22-36)45(54-31-38-25-15-6-16-26-38)47(56-33)55-32-39-40(48)42(51-28-35-19-9-3-10-20-35)44(46(49)57-39)53-30-37-23-13-5-14-24-37/h2-26,33,39-49H,27-32H2,1H3/t33-,39+,40+,41+,42-,43+,44+,45-,46-,47-/m0/s1. The van der Waals surface area contributed by atoms with Crippen LogP contribution in [0.4, 0.5) is 0 Å². The molecule has 57 heavy (non-hydrogen) atoms. The van der Waals surface area contributed by atoms with Crippen LogP contribution in [-0.2, 0) is 70.9 Å². The SMILES string of the molecule is C[C@@H]1O[C@H](OC[C@H]2O[C@H](O)[C@H](OCc3ccccc3)[C@@H](OCc3ccccc3)[C@@H]2O)[C@@H](OCc2ccccc2)[C@H](OCc2ccccc2)[C@@H]1OCc1ccccc1. The Balaban J connectivity index is 1.10. The van der Waals surface area contributed by atoms with Gasteiger partial charge in [0.15, 0.2) is 12.6 Å². The number of ether oxygens (including phenoxy) is 8. The number of aliphatic hydroxyl groups is 2. The number of aliphatic hydroxyl groups excluding tert-OH is 2. The van der Waals surface area contributed by atoms with Crippen molar-refractivity contribution in [2.45, 2.75) is 101 Å². The van der Waals surface area contributed by atoms with Gasteiger partial charge < -0.3 is 48.1 Å². The van der Waals surface area contributed by atoms with E-state index in [0.29, 0.717) is 13.2 Å². The molecule has 0 saturated carbocycles. The van der Waals surface area contributed by atoms with Gasteiger partial charge in [0.1, 0.15) is 42.7 Å². The highest BCUT2D eigenvalue weighted by Gasteiger charge is 2.50. The van der Waals surface area contributed by atoms with Crippen molar-refractivity contribution in [3.05, 3.63) is 179 Å². The fourth-order valence-corrected chi connectivity index (χ4v) is 7.14. The third-order valence-electron chi connectivity index (χ3n) is 10.2. The van der Waals surface area contributed by atoms with Crippen molar-refractivity contribution >= 4 is 0 Å². The molecule has 5 aromatic carbocycles. The molecule has 0 aliphatic carbocycles. The monoisotopic (exact) mass is 776 g/mol. The van der Waals surface area contributed by atoms with Crippen LogP contribution < -0.4 is 0 Å². The summed E-state index contributed by atoms with van der Waals surface area (Å²) in [4.78, 5) is 0. The van der Waals surface area contributed by atoms with Crippen molar-refractivity contribution in [2.75, 3.05) is 6.61 Å². The van der Waals surface area contributed by atoms with Gasteiger partial charge in [-0.1, -0.05) is 152 Å². The van der Waals surface area contributed by atoms with Gasteiger partial charge in [-0.25, -0.2) is 0 Å². The molecular weight excluding hydrogens is 725 g/mol. The van der Waals surface area contributed by atoms with Crippen LogP contribution in [0.3, 0.4) is 0 Å². The van der Waals surface area contributed by atoms with E-state index in [-0.39, 0.29) is 26.4 Å². The van der Waals surface area contributed by atoms with Crippen LogP contribution in [0.5, 0.6) is 0 Å². The lowest BCUT2D eigenvalue weighted by Crippen LogP contribution is -2.62. The Bertz CT molecular complexity index is 1850. The second kappa shape index (κ2) is 20.9. The van der Waals surface area contributed by atoms with Crippen LogP contribution >= 0.6 is 0 Å². The van der Waals surface area contributed by atoms with Gasteiger partial charge in [-0.3, -0.25) is 0 Å². The molecular formula is C47H52O10. The average molecular weight is 777 g/mol. The van der Waals surface area contributed by atoms with E-state index in [0.717, 1.165) is 27.8 Å². The summed E-state index contributed by atoms with van der Waals surface area (Å²) in [6, 6.07) is 49.0. The van der Waals surface area contributed by atoms with Crippen molar-refractivity contribution in [2.24, 2.45) is 0 Å². The molecule has 300 valence electrons. The van der Waals surface area contributed by atoms with Crippen molar-refractivity contribution in [3.8, 4) is 0 Å². The van der Waals surface area contributed by atoms with E-state index in [1.165, 1.54) is 0 Å². The highest BCUT2D eigenvalue weighted by atomic mass is 16.7. The van der Waals surface area contributed by atoms with Crippen LogP contribution in [0, 0.1) is 0 Å². The summed E-state index contributed by atoms with van der Waals surface area (Å²) in [6.45, 7) is 3.07. The molecule has 0 spiro atoms. The lowest BCUT2D eigenvalue weighted by Gasteiger charge is -2.46. The number of hydrogen-bond donors (Lipinski definition) is 2. The van der Waals surface area contributed by atoms with Crippen molar-refractivity contribution < 1.29 is 48.1 Å². The van der Waals surface area contributed by atoms with Gasteiger partial charge >= 0.3 is 0 Å². The summed E-state index contributed by atoms with van der Waals surface area (Å²) >= 11 is 0. The first kappa shape index (κ1) is 40.9. The number of rotatable bonds is 18. The van der Waals surface area contributed by atoms with Gasteiger partial charge in [0.05, 0.1) is 45.7 Å². The van der Waals surface area contributed by atoms with Crippen molar-refractivity contribution in [3.63, 3.8) is 0 Å². The van der Waals surface area contributed by atoms with Gasteiger partial charge in [0, 0.05) is 0 Å². The molecule has 0 aromatic heterocycles. The van der Waals surface area contributed by atoms with E-state index in [9.17, 15) is 10.2 Å². The number of benzene rings is 5. The predicted octanol–water partition coefficient (Wildman–Crippen LogP) is 6.75. The van der Waals surface area contributed by atoms with Gasteiger partial charge in [-0.05, 0) is 34.7 Å². The van der Waals surface area contributed by atoms with E-state index in [1.54, 1.807) is 0 Å². The minimum Gasteiger partial charge on any atom is -0.387 e. The Morgan fingerprint density at radius 3 is 1.18 bits per heavy atom. The first-order valence-electron chi connectivity index (χ1n) is 19.6. The Labute approximate surface area is 334 Å². The van der Waals surface area contributed by atoms with E-state index >= 15 is 0 Å². The maximum Gasteiger partial charge on any atom is 0.186 e. The molecule has 2 fully saturated rings. The summed E-state index contributed by atoms with van der Waals surface area (Å²) in [5, 5.41) is 23.2. The molecule has 0 radical (unpaired) electrons. The quantitative estimate of drug-likeness (QED) is 0.0991. The molecule has 0 unspecified atom stereocenters. The zero-order chi connectivity index (χ0) is 39.2. The van der Waals surface area contributed by atoms with Crippen LogP contribution in [0.2, 0.25) is 0 Å². The molecule has 2 N–H and O–H groups in total. The third-order valence-corrected chi connectivity index (χ3v) is 10.2. The fourth-order valence-electron chi connectivity index (χ4n) is 7.14. The van der Waals surface area contributed by atoms with E-state index in [2.05, 4.69) is 0 Å². The Kier molecular flexibility index (Phi) is 15.0. The highest BCUT2D eigenvalue weighted by molar-refractivity contribution is 5.17. The van der Waals surface area contributed by atoms with Gasteiger partial charge in [-0.2, -0.15) is 0 Å². The molecule has 2 aliphatic heterocycles.